The summed E-state index contributed by atoms with van der Waals surface area (Å²) in [6, 6.07) is 6.77. The summed E-state index contributed by atoms with van der Waals surface area (Å²) in [5.74, 6) is 2.31. The molecule has 0 saturated carbocycles. The van der Waals surface area contributed by atoms with Gasteiger partial charge in [0, 0.05) is 31.3 Å². The number of hydrogen-bond acceptors (Lipinski definition) is 3. The van der Waals surface area contributed by atoms with E-state index in [1.54, 1.807) is 0 Å². The molecule has 0 aliphatic carbocycles. The van der Waals surface area contributed by atoms with Crippen LogP contribution in [0.1, 0.15) is 11.1 Å². The first kappa shape index (κ1) is 9.28. The molecule has 1 aromatic carbocycles. The minimum absolute atomic E-state index is 1.15. The van der Waals surface area contributed by atoms with E-state index >= 15 is 0 Å². The van der Waals surface area contributed by atoms with Crippen LogP contribution in [0.4, 0.5) is 5.69 Å². The van der Waals surface area contributed by atoms with E-state index in [-0.39, 0.29) is 0 Å². The quantitative estimate of drug-likeness (QED) is 0.657. The molecule has 1 aliphatic rings. The highest BCUT2D eigenvalue weighted by molar-refractivity contribution is 8.76. The van der Waals surface area contributed by atoms with Gasteiger partial charge in [-0.3, -0.25) is 0 Å². The van der Waals surface area contributed by atoms with E-state index in [0.717, 1.165) is 11.5 Å². The second-order valence-electron chi connectivity index (χ2n) is 3.37. The van der Waals surface area contributed by atoms with Gasteiger partial charge < -0.3 is 4.90 Å². The third-order valence-corrected chi connectivity index (χ3v) is 4.45. The fourth-order valence-corrected chi connectivity index (χ4v) is 3.61. The lowest BCUT2D eigenvalue weighted by molar-refractivity contribution is 1.12. The van der Waals surface area contributed by atoms with Crippen molar-refractivity contribution in [3.05, 3.63) is 29.3 Å². The Bertz CT molecular complexity index is 310. The van der Waals surface area contributed by atoms with Gasteiger partial charge in [0.2, 0.25) is 0 Å². The van der Waals surface area contributed by atoms with Crippen LogP contribution < -0.4 is 4.90 Å². The fourth-order valence-electron chi connectivity index (χ4n) is 1.38. The summed E-state index contributed by atoms with van der Waals surface area (Å²) in [7, 11) is 8.09. The van der Waals surface area contributed by atoms with Gasteiger partial charge in [-0.25, -0.2) is 0 Å². The Kier molecular flexibility index (Phi) is 2.74. The molecule has 0 spiro atoms. The average molecular weight is 211 g/mol. The molecule has 1 aromatic rings. The number of benzene rings is 1. The zero-order valence-corrected chi connectivity index (χ0v) is 9.54. The first-order valence-corrected chi connectivity index (χ1v) is 6.80. The molecule has 1 nitrogen and oxygen atoms in total. The molecule has 0 atom stereocenters. The summed E-state index contributed by atoms with van der Waals surface area (Å²) >= 11 is 0. The normalized spacial score (nSPS) is 15.2. The Hall–Kier alpha value is -0.280. The second-order valence-corrected chi connectivity index (χ2v) is 5.83. The summed E-state index contributed by atoms with van der Waals surface area (Å²) in [4.78, 5) is 2.16. The van der Waals surface area contributed by atoms with Crippen molar-refractivity contribution in [1.82, 2.24) is 0 Å². The van der Waals surface area contributed by atoms with Crippen molar-refractivity contribution in [3.8, 4) is 0 Å². The minimum Gasteiger partial charge on any atom is -0.378 e. The van der Waals surface area contributed by atoms with Crippen LogP contribution in [0.25, 0.3) is 0 Å². The van der Waals surface area contributed by atoms with Crippen molar-refractivity contribution < 1.29 is 0 Å². The number of hydrogen-bond donors (Lipinski definition) is 0. The largest absolute Gasteiger partial charge is 0.378 e. The number of nitrogens with zero attached hydrogens (tertiary/aromatic N) is 1. The number of fused-ring (bicyclic) bond motifs is 1. The van der Waals surface area contributed by atoms with Crippen LogP contribution in [-0.2, 0) is 11.5 Å². The number of anilines is 1. The van der Waals surface area contributed by atoms with Crippen LogP contribution in [-0.4, -0.2) is 14.1 Å². The topological polar surface area (TPSA) is 3.24 Å². The van der Waals surface area contributed by atoms with Crippen molar-refractivity contribution in [2.24, 2.45) is 0 Å². The van der Waals surface area contributed by atoms with E-state index in [4.69, 9.17) is 0 Å². The molecular formula is C10H13NS2. The first-order chi connectivity index (χ1) is 6.27. The Morgan fingerprint density at radius 3 is 2.46 bits per heavy atom. The minimum atomic E-state index is 1.15. The van der Waals surface area contributed by atoms with Gasteiger partial charge in [0.05, 0.1) is 0 Å². The lowest BCUT2D eigenvalue weighted by Gasteiger charge is -2.19. The van der Waals surface area contributed by atoms with Crippen LogP contribution in [0.2, 0.25) is 0 Å². The van der Waals surface area contributed by atoms with Gasteiger partial charge in [-0.1, -0.05) is 27.7 Å². The van der Waals surface area contributed by atoms with Gasteiger partial charge in [-0.15, -0.1) is 0 Å². The summed E-state index contributed by atoms with van der Waals surface area (Å²) in [6.45, 7) is 0. The second kappa shape index (κ2) is 3.84. The zero-order valence-electron chi connectivity index (χ0n) is 7.91. The van der Waals surface area contributed by atoms with Crippen LogP contribution in [0, 0.1) is 0 Å². The summed E-state index contributed by atoms with van der Waals surface area (Å²) in [5, 5.41) is 0. The molecule has 0 radical (unpaired) electrons. The van der Waals surface area contributed by atoms with Crippen LogP contribution in [0.3, 0.4) is 0 Å². The molecule has 0 N–H and O–H groups in total. The SMILES string of the molecule is CN(C)c1ccc2c(c1)CSSC2. The zero-order chi connectivity index (χ0) is 9.26. The van der Waals surface area contributed by atoms with Crippen molar-refractivity contribution in [3.63, 3.8) is 0 Å². The molecule has 2 rings (SSSR count). The van der Waals surface area contributed by atoms with E-state index < -0.39 is 0 Å². The van der Waals surface area contributed by atoms with Crippen molar-refractivity contribution >= 4 is 27.3 Å². The maximum absolute atomic E-state index is 2.31. The molecule has 3 heteroatoms. The fraction of sp³-hybridized carbons (Fsp3) is 0.400. The molecule has 0 fully saturated rings. The van der Waals surface area contributed by atoms with Gasteiger partial charge in [-0.05, 0) is 23.3 Å². The average Bonchev–Trinajstić information content (AvgIpc) is 2.17. The molecule has 1 heterocycles. The maximum Gasteiger partial charge on any atom is 0.0364 e. The van der Waals surface area contributed by atoms with Gasteiger partial charge >= 0.3 is 0 Å². The van der Waals surface area contributed by atoms with Gasteiger partial charge in [-0.2, -0.15) is 0 Å². The predicted molar refractivity (Wildman–Crippen MR) is 63.4 cm³/mol. The predicted octanol–water partition coefficient (Wildman–Crippen LogP) is 3.15. The van der Waals surface area contributed by atoms with E-state index in [0.29, 0.717) is 0 Å². The van der Waals surface area contributed by atoms with Crippen LogP contribution in [0.5, 0.6) is 0 Å². The van der Waals surface area contributed by atoms with Gasteiger partial charge in [0.25, 0.3) is 0 Å². The summed E-state index contributed by atoms with van der Waals surface area (Å²) in [5.41, 5.74) is 4.33. The Morgan fingerprint density at radius 2 is 1.77 bits per heavy atom. The number of rotatable bonds is 1. The summed E-state index contributed by atoms with van der Waals surface area (Å²) in [6.07, 6.45) is 0. The molecule has 0 bridgehead atoms. The van der Waals surface area contributed by atoms with E-state index in [2.05, 4.69) is 37.2 Å². The molecule has 0 amide bonds. The Balaban J connectivity index is 2.35. The third-order valence-electron chi connectivity index (χ3n) is 2.22. The smallest absolute Gasteiger partial charge is 0.0364 e. The summed E-state index contributed by atoms with van der Waals surface area (Å²) < 4.78 is 0. The monoisotopic (exact) mass is 211 g/mol. The van der Waals surface area contributed by atoms with Crippen molar-refractivity contribution in [2.45, 2.75) is 11.5 Å². The highest BCUT2D eigenvalue weighted by Crippen LogP contribution is 2.38. The molecule has 13 heavy (non-hydrogen) atoms. The third kappa shape index (κ3) is 1.97. The molecule has 0 unspecified atom stereocenters. The van der Waals surface area contributed by atoms with Gasteiger partial charge in [0.1, 0.15) is 0 Å². The van der Waals surface area contributed by atoms with E-state index in [1.807, 2.05) is 21.6 Å². The molecule has 0 saturated heterocycles. The van der Waals surface area contributed by atoms with Crippen molar-refractivity contribution in [1.29, 1.82) is 0 Å². The Morgan fingerprint density at radius 1 is 1.08 bits per heavy atom. The highest BCUT2D eigenvalue weighted by atomic mass is 33.1. The molecule has 70 valence electrons. The van der Waals surface area contributed by atoms with Gasteiger partial charge in [0.15, 0.2) is 0 Å². The molecular weight excluding hydrogens is 198 g/mol. The lowest BCUT2D eigenvalue weighted by atomic mass is 10.1. The maximum atomic E-state index is 2.31. The highest BCUT2D eigenvalue weighted by Gasteiger charge is 2.10. The van der Waals surface area contributed by atoms with Crippen LogP contribution in [0.15, 0.2) is 18.2 Å². The molecule has 0 aromatic heterocycles. The van der Waals surface area contributed by atoms with E-state index in [1.165, 1.54) is 16.8 Å². The van der Waals surface area contributed by atoms with E-state index in [9.17, 15) is 0 Å². The lowest BCUT2D eigenvalue weighted by Crippen LogP contribution is -2.09. The van der Waals surface area contributed by atoms with Crippen molar-refractivity contribution in [2.75, 3.05) is 19.0 Å². The molecule has 1 aliphatic heterocycles. The first-order valence-electron chi connectivity index (χ1n) is 4.31. The Labute approximate surface area is 87.3 Å². The standard InChI is InChI=1S/C10H13NS2/c1-11(2)10-4-3-8-6-12-13-7-9(8)5-10/h3-5H,6-7H2,1-2H3. The van der Waals surface area contributed by atoms with Crippen LogP contribution >= 0.6 is 21.6 Å².